The number of carbonyl (C=O) groups excluding carboxylic acids is 3. The normalized spacial score (nSPS) is 27.5. The average Bonchev–Trinajstić information content (AvgIpc) is 3.99. The molecule has 2 aliphatic carbocycles. The number of methoxy groups -OCH3 is 1. The Balaban J connectivity index is 1.22. The summed E-state index contributed by atoms with van der Waals surface area (Å²) in [6.07, 6.45) is 5.63. The third kappa shape index (κ3) is 8.07. The van der Waals surface area contributed by atoms with Crippen LogP contribution in [0, 0.1) is 35.0 Å². The minimum Gasteiger partial charge on any atom is -0.464 e. The van der Waals surface area contributed by atoms with Gasteiger partial charge >= 0.3 is 5.97 Å². The predicted molar refractivity (Wildman–Crippen MR) is 226 cm³/mol. The lowest BCUT2D eigenvalue weighted by Gasteiger charge is -2.35. The standard InChI is InChI=1S/C45H59N7O5S/c1-25-26(2)39(25)42(53)49-35-20-30(35)32-21-38-48-36(23-58-38)28-13-14-37-31(19-28)33(22-45(4,5)24-57-44(55)34-12-9-18-52(50-34)43(32)54)41(51(37)17-10-15-46-6)29-11-8-16-47-40(29)27(3)56-7/h8,11,13-14,16,19,23,25-27,30,32,34-35,39,46,50H,9-10,12,15,17-18,20-22,24H2,1-7H3,(H,49,53)/t25-,26+,27-,30?,32+,34-,35?,39?/m0/s1. The highest BCUT2D eigenvalue weighted by molar-refractivity contribution is 7.10. The van der Waals surface area contributed by atoms with Crippen LogP contribution in [0.3, 0.4) is 0 Å². The number of amides is 2. The van der Waals surface area contributed by atoms with Crippen molar-refractivity contribution in [1.82, 2.24) is 35.6 Å². The van der Waals surface area contributed by atoms with E-state index < -0.39 is 17.4 Å². The van der Waals surface area contributed by atoms with E-state index in [2.05, 4.69) is 78.0 Å². The van der Waals surface area contributed by atoms with Crippen LogP contribution in [0.15, 0.2) is 41.9 Å². The van der Waals surface area contributed by atoms with E-state index in [1.807, 2.05) is 26.2 Å². The van der Waals surface area contributed by atoms with E-state index in [-0.39, 0.29) is 48.4 Å². The molecule has 12 nitrogen and oxygen atoms in total. The molecule has 1 aromatic carbocycles. The Morgan fingerprint density at radius 2 is 2.00 bits per heavy atom. The molecule has 0 spiro atoms. The van der Waals surface area contributed by atoms with E-state index in [9.17, 15) is 14.4 Å². The van der Waals surface area contributed by atoms with Gasteiger partial charge in [0.25, 0.3) is 0 Å². The number of thiazole rings is 1. The summed E-state index contributed by atoms with van der Waals surface area (Å²) in [5.74, 6) is 0.101. The van der Waals surface area contributed by atoms with Gasteiger partial charge < -0.3 is 24.7 Å². The number of benzene rings is 1. The molecular weight excluding hydrogens is 751 g/mol. The highest BCUT2D eigenvalue weighted by Gasteiger charge is 2.53. The molecular formula is C45H59N7O5S. The van der Waals surface area contributed by atoms with Gasteiger partial charge in [-0.2, -0.15) is 0 Å². The molecule has 0 radical (unpaired) electrons. The molecule has 58 heavy (non-hydrogen) atoms. The topological polar surface area (TPSA) is 140 Å². The van der Waals surface area contributed by atoms with Gasteiger partial charge in [-0.25, -0.2) is 10.4 Å². The number of aromatic nitrogens is 3. The second-order valence-corrected chi connectivity index (χ2v) is 18.9. The highest BCUT2D eigenvalue weighted by atomic mass is 32.1. The molecule has 3 fully saturated rings. The van der Waals surface area contributed by atoms with Crippen LogP contribution in [0.1, 0.15) is 82.7 Å². The van der Waals surface area contributed by atoms with Crippen molar-refractivity contribution in [1.29, 1.82) is 0 Å². The molecule has 3 aromatic heterocycles. The Hall–Kier alpha value is -4.17. The van der Waals surface area contributed by atoms with Gasteiger partial charge in [-0.15, -0.1) is 11.3 Å². The van der Waals surface area contributed by atoms with Crippen molar-refractivity contribution in [3.8, 4) is 22.5 Å². The number of hydrogen-bond donors (Lipinski definition) is 3. The largest absolute Gasteiger partial charge is 0.464 e. The summed E-state index contributed by atoms with van der Waals surface area (Å²) in [6, 6.07) is 10.1. The van der Waals surface area contributed by atoms with Crippen LogP contribution in [0.25, 0.3) is 33.4 Å². The predicted octanol–water partition coefficient (Wildman–Crippen LogP) is 6.33. The van der Waals surface area contributed by atoms with Gasteiger partial charge in [0.2, 0.25) is 11.8 Å². The van der Waals surface area contributed by atoms with Crippen molar-refractivity contribution >= 4 is 40.0 Å². The van der Waals surface area contributed by atoms with Crippen LogP contribution in [0.4, 0.5) is 0 Å². The molecule has 3 N–H and O–H groups in total. The third-order valence-electron chi connectivity index (χ3n) is 13.2. The Bertz CT molecular complexity index is 2170. The zero-order valence-electron chi connectivity index (χ0n) is 35.0. The molecule has 8 rings (SSSR count). The number of cyclic esters (lactones) is 1. The van der Waals surface area contributed by atoms with Crippen LogP contribution < -0.4 is 16.1 Å². The minimum absolute atomic E-state index is 0.00752. The summed E-state index contributed by atoms with van der Waals surface area (Å²) < 4.78 is 14.4. The summed E-state index contributed by atoms with van der Waals surface area (Å²) in [6.45, 7) is 12.9. The zero-order valence-corrected chi connectivity index (χ0v) is 35.8. The number of aryl methyl sites for hydroxylation is 1. The fourth-order valence-corrected chi connectivity index (χ4v) is 10.2. The second-order valence-electron chi connectivity index (χ2n) is 17.9. The Morgan fingerprint density at radius 1 is 1.19 bits per heavy atom. The van der Waals surface area contributed by atoms with Gasteiger partial charge in [0.1, 0.15) is 6.04 Å². The first-order valence-corrected chi connectivity index (χ1v) is 22.0. The van der Waals surface area contributed by atoms with E-state index in [0.29, 0.717) is 44.1 Å². The number of ether oxygens (including phenoxy) is 2. The molecule has 8 atom stereocenters. The lowest BCUT2D eigenvalue weighted by Crippen LogP contribution is -2.57. The van der Waals surface area contributed by atoms with Crippen molar-refractivity contribution in [2.24, 2.45) is 35.0 Å². The van der Waals surface area contributed by atoms with Gasteiger partial charge in [-0.05, 0) is 100 Å². The summed E-state index contributed by atoms with van der Waals surface area (Å²) in [4.78, 5) is 51.5. The van der Waals surface area contributed by atoms with Gasteiger partial charge in [0, 0.05) is 77.6 Å². The van der Waals surface area contributed by atoms with Crippen LogP contribution in [0.5, 0.6) is 0 Å². The molecule has 2 amide bonds. The quantitative estimate of drug-likeness (QED) is 0.124. The molecule has 3 unspecified atom stereocenters. The first-order valence-electron chi connectivity index (χ1n) is 21.2. The molecule has 2 saturated carbocycles. The summed E-state index contributed by atoms with van der Waals surface area (Å²) in [5, 5.41) is 12.3. The number of pyridine rings is 1. The Morgan fingerprint density at radius 3 is 2.76 bits per heavy atom. The minimum atomic E-state index is -0.632. The molecule has 13 heteroatoms. The first-order chi connectivity index (χ1) is 27.9. The lowest BCUT2D eigenvalue weighted by atomic mass is 9.84. The van der Waals surface area contributed by atoms with Crippen LogP contribution >= 0.6 is 11.3 Å². The van der Waals surface area contributed by atoms with E-state index in [1.165, 1.54) is 5.56 Å². The highest BCUT2D eigenvalue weighted by Crippen LogP contribution is 2.48. The fourth-order valence-electron chi connectivity index (χ4n) is 9.37. The first kappa shape index (κ1) is 40.6. The van der Waals surface area contributed by atoms with Crippen LogP contribution in [-0.2, 0) is 43.2 Å². The van der Waals surface area contributed by atoms with E-state index in [4.69, 9.17) is 19.4 Å². The summed E-state index contributed by atoms with van der Waals surface area (Å²) >= 11 is 1.58. The van der Waals surface area contributed by atoms with Crippen molar-refractivity contribution in [2.75, 3.05) is 33.9 Å². The number of rotatable bonds is 10. The second kappa shape index (κ2) is 16.5. The van der Waals surface area contributed by atoms with Crippen LogP contribution in [-0.4, -0.2) is 83.3 Å². The molecule has 6 bridgehead atoms. The van der Waals surface area contributed by atoms with Crippen molar-refractivity contribution < 1.29 is 23.9 Å². The monoisotopic (exact) mass is 809 g/mol. The molecule has 4 aliphatic rings. The van der Waals surface area contributed by atoms with Gasteiger partial charge in [-0.1, -0.05) is 33.8 Å². The van der Waals surface area contributed by atoms with Crippen LogP contribution in [0.2, 0.25) is 0 Å². The molecule has 2 aliphatic heterocycles. The molecule has 310 valence electrons. The van der Waals surface area contributed by atoms with E-state index in [1.54, 1.807) is 23.5 Å². The zero-order chi connectivity index (χ0) is 40.9. The van der Waals surface area contributed by atoms with E-state index in [0.717, 1.165) is 70.1 Å². The Labute approximate surface area is 345 Å². The average molecular weight is 810 g/mol. The number of nitrogens with one attached hydrogen (secondary N) is 3. The number of hydrogen-bond acceptors (Lipinski definition) is 10. The Kier molecular flexibility index (Phi) is 11.5. The SMILES string of the molecule is CNCCCn1c(-c2cccnc2[C@H](C)OC)c2c3cc(ccc31)-c1csc(n1)C[C@H](C1CC1NC(=O)C1[C@@H](C)[C@H]1C)C(=O)N1CCC[C@H](N1)C(=O)OCC(C)(C)C2. The van der Waals surface area contributed by atoms with Gasteiger partial charge in [0.05, 0.1) is 40.7 Å². The maximum Gasteiger partial charge on any atom is 0.324 e. The van der Waals surface area contributed by atoms with Gasteiger partial charge in [0.15, 0.2) is 0 Å². The maximum atomic E-state index is 14.5. The summed E-state index contributed by atoms with van der Waals surface area (Å²) in [5.41, 5.74) is 10.00. The lowest BCUT2D eigenvalue weighted by molar-refractivity contribution is -0.155. The molecule has 5 heterocycles. The maximum absolute atomic E-state index is 14.5. The summed E-state index contributed by atoms with van der Waals surface area (Å²) in [7, 11) is 3.70. The number of hydrazine groups is 1. The smallest absolute Gasteiger partial charge is 0.324 e. The third-order valence-corrected chi connectivity index (χ3v) is 14.0. The van der Waals surface area contributed by atoms with Gasteiger partial charge in [-0.3, -0.25) is 24.4 Å². The molecule has 4 aromatic rings. The number of nitrogens with zero attached hydrogens (tertiary/aromatic N) is 4. The number of esters is 1. The number of carbonyl (C=O) groups is 3. The van der Waals surface area contributed by atoms with E-state index >= 15 is 0 Å². The number of fused-ring (bicyclic) bond motifs is 6. The van der Waals surface area contributed by atoms with Crippen molar-refractivity contribution in [2.45, 2.75) is 97.9 Å². The van der Waals surface area contributed by atoms with Crippen molar-refractivity contribution in [3.05, 3.63) is 58.2 Å². The fraction of sp³-hybridized carbons (Fsp3) is 0.578. The van der Waals surface area contributed by atoms with Crippen molar-refractivity contribution in [3.63, 3.8) is 0 Å². The molecule has 1 saturated heterocycles.